The normalized spacial score (nSPS) is 36.0. The van der Waals surface area contributed by atoms with Gasteiger partial charge in [-0.25, -0.2) is 0 Å². The van der Waals surface area contributed by atoms with Crippen LogP contribution in [0, 0.1) is 0 Å². The molecule has 0 spiro atoms. The van der Waals surface area contributed by atoms with E-state index in [0.717, 1.165) is 39.3 Å². The molecule has 2 atom stereocenters. The molecule has 0 amide bonds. The van der Waals surface area contributed by atoms with Gasteiger partial charge in [0, 0.05) is 13.2 Å². The molecule has 0 bridgehead atoms. The van der Waals surface area contributed by atoms with Gasteiger partial charge in [-0.05, 0) is 19.3 Å². The zero-order chi connectivity index (χ0) is 9.64. The summed E-state index contributed by atoms with van der Waals surface area (Å²) in [6.45, 7) is 3.10. The molecule has 0 aromatic carbocycles. The molecule has 2 fully saturated rings. The smallest absolute Gasteiger partial charge is 0.0837 e. The molecule has 82 valence electrons. The SMILES string of the molecule is C1COCCO[C@@H]2CCCC[C@@H]2OC1. The summed E-state index contributed by atoms with van der Waals surface area (Å²) < 4.78 is 17.0. The lowest BCUT2D eigenvalue weighted by Crippen LogP contribution is -2.36. The maximum Gasteiger partial charge on any atom is 0.0837 e. The lowest BCUT2D eigenvalue weighted by Gasteiger charge is -2.32. The summed E-state index contributed by atoms with van der Waals surface area (Å²) in [7, 11) is 0. The summed E-state index contributed by atoms with van der Waals surface area (Å²) in [4.78, 5) is 0. The number of hydrogen-bond acceptors (Lipinski definition) is 3. The molecule has 0 radical (unpaired) electrons. The van der Waals surface area contributed by atoms with E-state index < -0.39 is 0 Å². The van der Waals surface area contributed by atoms with Gasteiger partial charge in [0.25, 0.3) is 0 Å². The Morgan fingerprint density at radius 3 is 2.14 bits per heavy atom. The summed E-state index contributed by atoms with van der Waals surface area (Å²) in [6, 6.07) is 0. The fourth-order valence-electron chi connectivity index (χ4n) is 2.20. The molecule has 14 heavy (non-hydrogen) atoms. The number of rotatable bonds is 0. The highest BCUT2D eigenvalue weighted by Crippen LogP contribution is 2.24. The first-order valence-electron chi connectivity index (χ1n) is 5.78. The van der Waals surface area contributed by atoms with E-state index >= 15 is 0 Å². The molecule has 3 nitrogen and oxygen atoms in total. The van der Waals surface area contributed by atoms with Crippen molar-refractivity contribution >= 4 is 0 Å². The van der Waals surface area contributed by atoms with Gasteiger partial charge in [0.1, 0.15) is 0 Å². The highest BCUT2D eigenvalue weighted by atomic mass is 16.6. The van der Waals surface area contributed by atoms with Crippen molar-refractivity contribution in [3.63, 3.8) is 0 Å². The van der Waals surface area contributed by atoms with Gasteiger partial charge in [0.15, 0.2) is 0 Å². The van der Waals surface area contributed by atoms with Crippen LogP contribution < -0.4 is 0 Å². The monoisotopic (exact) mass is 200 g/mol. The average molecular weight is 200 g/mol. The minimum Gasteiger partial charge on any atom is -0.379 e. The molecule has 2 aliphatic rings. The van der Waals surface area contributed by atoms with Crippen molar-refractivity contribution < 1.29 is 14.2 Å². The lowest BCUT2D eigenvalue weighted by molar-refractivity contribution is -0.114. The van der Waals surface area contributed by atoms with Crippen LogP contribution in [-0.2, 0) is 14.2 Å². The van der Waals surface area contributed by atoms with Crippen LogP contribution in [0.2, 0.25) is 0 Å². The summed E-state index contributed by atoms with van der Waals surface area (Å²) in [6.07, 6.45) is 6.60. The molecule has 1 aliphatic heterocycles. The van der Waals surface area contributed by atoms with E-state index in [1.165, 1.54) is 19.3 Å². The Morgan fingerprint density at radius 1 is 0.643 bits per heavy atom. The average Bonchev–Trinajstić information content (AvgIpc) is 2.25. The first kappa shape index (κ1) is 10.4. The topological polar surface area (TPSA) is 27.7 Å². The maximum absolute atomic E-state index is 5.82. The fraction of sp³-hybridized carbons (Fsp3) is 1.00. The highest BCUT2D eigenvalue weighted by Gasteiger charge is 2.26. The lowest BCUT2D eigenvalue weighted by atomic mass is 9.94. The third kappa shape index (κ3) is 2.94. The van der Waals surface area contributed by atoms with Crippen molar-refractivity contribution in [3.8, 4) is 0 Å². The molecule has 0 N–H and O–H groups in total. The summed E-state index contributed by atoms with van der Waals surface area (Å²) in [5.74, 6) is 0. The Balaban J connectivity index is 1.84. The third-order valence-corrected chi connectivity index (χ3v) is 2.97. The first-order chi connectivity index (χ1) is 6.97. The van der Waals surface area contributed by atoms with Gasteiger partial charge in [-0.1, -0.05) is 12.8 Å². The van der Waals surface area contributed by atoms with Crippen molar-refractivity contribution in [1.29, 1.82) is 0 Å². The van der Waals surface area contributed by atoms with E-state index in [1.807, 2.05) is 0 Å². The van der Waals surface area contributed by atoms with Gasteiger partial charge < -0.3 is 14.2 Å². The minimum atomic E-state index is 0.324. The van der Waals surface area contributed by atoms with Crippen LogP contribution in [0.25, 0.3) is 0 Å². The Morgan fingerprint density at radius 2 is 1.36 bits per heavy atom. The quantitative estimate of drug-likeness (QED) is 0.596. The zero-order valence-electron chi connectivity index (χ0n) is 8.74. The molecule has 0 unspecified atom stereocenters. The van der Waals surface area contributed by atoms with E-state index in [2.05, 4.69) is 0 Å². The van der Waals surface area contributed by atoms with Gasteiger partial charge in [0.2, 0.25) is 0 Å². The Labute approximate surface area is 85.7 Å². The van der Waals surface area contributed by atoms with Crippen LogP contribution in [0.1, 0.15) is 32.1 Å². The number of hydrogen-bond donors (Lipinski definition) is 0. The Hall–Kier alpha value is -0.120. The molecular formula is C11H20O3. The van der Waals surface area contributed by atoms with Crippen molar-refractivity contribution in [3.05, 3.63) is 0 Å². The Bertz CT molecular complexity index is 143. The fourth-order valence-corrected chi connectivity index (χ4v) is 2.20. The maximum atomic E-state index is 5.82. The molecule has 1 saturated heterocycles. The van der Waals surface area contributed by atoms with Gasteiger partial charge in [-0.15, -0.1) is 0 Å². The van der Waals surface area contributed by atoms with Crippen LogP contribution in [0.3, 0.4) is 0 Å². The van der Waals surface area contributed by atoms with Crippen LogP contribution >= 0.6 is 0 Å². The molecule has 0 aromatic rings. The van der Waals surface area contributed by atoms with E-state index in [4.69, 9.17) is 14.2 Å². The van der Waals surface area contributed by atoms with E-state index in [1.54, 1.807) is 0 Å². The van der Waals surface area contributed by atoms with E-state index in [9.17, 15) is 0 Å². The van der Waals surface area contributed by atoms with E-state index in [-0.39, 0.29) is 0 Å². The molecule has 1 saturated carbocycles. The van der Waals surface area contributed by atoms with Gasteiger partial charge in [-0.2, -0.15) is 0 Å². The first-order valence-corrected chi connectivity index (χ1v) is 5.78. The predicted molar refractivity (Wildman–Crippen MR) is 53.4 cm³/mol. The Kier molecular flexibility index (Phi) is 4.22. The van der Waals surface area contributed by atoms with E-state index in [0.29, 0.717) is 12.2 Å². The van der Waals surface area contributed by atoms with Gasteiger partial charge in [-0.3, -0.25) is 0 Å². The van der Waals surface area contributed by atoms with Gasteiger partial charge in [0.05, 0.1) is 25.4 Å². The third-order valence-electron chi connectivity index (χ3n) is 2.97. The molecule has 1 heterocycles. The second-order valence-corrected chi connectivity index (χ2v) is 4.07. The minimum absolute atomic E-state index is 0.324. The van der Waals surface area contributed by atoms with Crippen molar-refractivity contribution in [2.24, 2.45) is 0 Å². The highest BCUT2D eigenvalue weighted by molar-refractivity contribution is 4.76. The molecule has 3 heteroatoms. The second kappa shape index (κ2) is 5.69. The van der Waals surface area contributed by atoms with Crippen LogP contribution in [0.5, 0.6) is 0 Å². The van der Waals surface area contributed by atoms with Crippen molar-refractivity contribution in [1.82, 2.24) is 0 Å². The zero-order valence-corrected chi connectivity index (χ0v) is 8.74. The van der Waals surface area contributed by atoms with Crippen LogP contribution in [0.15, 0.2) is 0 Å². The number of fused-ring (bicyclic) bond motifs is 1. The number of ether oxygens (including phenoxy) is 3. The van der Waals surface area contributed by atoms with Crippen LogP contribution in [-0.4, -0.2) is 38.6 Å². The largest absolute Gasteiger partial charge is 0.379 e. The van der Waals surface area contributed by atoms with Crippen LogP contribution in [0.4, 0.5) is 0 Å². The van der Waals surface area contributed by atoms with Gasteiger partial charge >= 0.3 is 0 Å². The molecular weight excluding hydrogens is 180 g/mol. The molecule has 0 aromatic heterocycles. The molecule has 2 rings (SSSR count). The van der Waals surface area contributed by atoms with Crippen molar-refractivity contribution in [2.45, 2.75) is 44.3 Å². The second-order valence-electron chi connectivity index (χ2n) is 4.07. The molecule has 1 aliphatic carbocycles. The summed E-state index contributed by atoms with van der Waals surface area (Å²) in [5.41, 5.74) is 0. The van der Waals surface area contributed by atoms with Crippen molar-refractivity contribution in [2.75, 3.05) is 26.4 Å². The predicted octanol–water partition coefficient (Wildman–Crippen LogP) is 1.75. The summed E-state index contributed by atoms with van der Waals surface area (Å²) >= 11 is 0. The summed E-state index contributed by atoms with van der Waals surface area (Å²) in [5, 5.41) is 0. The standard InChI is InChI=1S/C11H20O3/c1-2-5-11-10(4-1)13-7-3-6-12-8-9-14-11/h10-11H,1-9H2/t10-,11+/m0/s1.